The number of halogens is 2. The minimum absolute atomic E-state index is 0.222. The molecule has 1 aromatic heterocycles. The second kappa shape index (κ2) is 8.22. The Balaban J connectivity index is 1.42. The lowest BCUT2D eigenvalue weighted by Gasteiger charge is -2.36. The summed E-state index contributed by atoms with van der Waals surface area (Å²) >= 11 is 0. The van der Waals surface area contributed by atoms with Crippen molar-refractivity contribution in [3.63, 3.8) is 0 Å². The van der Waals surface area contributed by atoms with Gasteiger partial charge in [-0.1, -0.05) is 24.3 Å². The van der Waals surface area contributed by atoms with Crippen LogP contribution in [-0.2, 0) is 0 Å². The molecule has 1 N–H and O–H groups in total. The van der Waals surface area contributed by atoms with Crippen molar-refractivity contribution in [3.05, 3.63) is 72.4 Å². The fourth-order valence-corrected chi connectivity index (χ4v) is 3.32. The molecular weight excluding hydrogens is 376 g/mol. The zero-order chi connectivity index (χ0) is 20.2. The Hall–Kier alpha value is -3.55. The summed E-state index contributed by atoms with van der Waals surface area (Å²) < 4.78 is 27.7. The third kappa shape index (κ3) is 4.16. The Morgan fingerprint density at radius 2 is 1.76 bits per heavy atom. The lowest BCUT2D eigenvalue weighted by atomic mass is 10.0. The SMILES string of the molecule is O=C(Nc1cccnn1)N1CCN(c2cccc(-c3cccc(F)c3F)c2)CC1. The minimum Gasteiger partial charge on any atom is -0.368 e. The van der Waals surface area contributed by atoms with Crippen molar-refractivity contribution in [2.75, 3.05) is 36.4 Å². The van der Waals surface area contributed by atoms with Gasteiger partial charge in [0.25, 0.3) is 0 Å². The van der Waals surface area contributed by atoms with E-state index < -0.39 is 11.6 Å². The number of carbonyl (C=O) groups is 1. The van der Waals surface area contributed by atoms with Crippen molar-refractivity contribution in [2.24, 2.45) is 0 Å². The third-order valence-electron chi connectivity index (χ3n) is 4.85. The number of carbonyl (C=O) groups excluding carboxylic acids is 1. The van der Waals surface area contributed by atoms with Crippen molar-refractivity contribution in [1.29, 1.82) is 0 Å². The van der Waals surface area contributed by atoms with Crippen molar-refractivity contribution in [3.8, 4) is 11.1 Å². The second-order valence-electron chi connectivity index (χ2n) is 6.66. The van der Waals surface area contributed by atoms with Gasteiger partial charge in [-0.3, -0.25) is 5.32 Å². The summed E-state index contributed by atoms with van der Waals surface area (Å²) in [7, 11) is 0. The number of hydrogen-bond donors (Lipinski definition) is 1. The molecule has 0 unspecified atom stereocenters. The van der Waals surface area contributed by atoms with Crippen LogP contribution in [0, 0.1) is 11.6 Å². The summed E-state index contributed by atoms with van der Waals surface area (Å²) in [6.45, 7) is 2.32. The molecule has 4 rings (SSSR count). The molecule has 1 saturated heterocycles. The number of benzene rings is 2. The lowest BCUT2D eigenvalue weighted by molar-refractivity contribution is 0.208. The van der Waals surface area contributed by atoms with E-state index in [1.165, 1.54) is 12.3 Å². The van der Waals surface area contributed by atoms with Gasteiger partial charge in [0, 0.05) is 43.6 Å². The number of nitrogens with zero attached hydrogens (tertiary/aromatic N) is 4. The molecule has 1 aliphatic rings. The lowest BCUT2D eigenvalue weighted by Crippen LogP contribution is -2.50. The molecule has 0 spiro atoms. The number of rotatable bonds is 3. The van der Waals surface area contributed by atoms with Crippen LogP contribution in [-0.4, -0.2) is 47.3 Å². The van der Waals surface area contributed by atoms with Gasteiger partial charge in [-0.25, -0.2) is 13.6 Å². The zero-order valence-electron chi connectivity index (χ0n) is 15.6. The summed E-state index contributed by atoms with van der Waals surface area (Å²) in [5, 5.41) is 10.3. The number of urea groups is 1. The number of anilines is 2. The molecule has 0 atom stereocenters. The van der Waals surface area contributed by atoms with Crippen molar-refractivity contribution in [2.45, 2.75) is 0 Å². The summed E-state index contributed by atoms with van der Waals surface area (Å²) in [5.41, 5.74) is 1.75. The highest BCUT2D eigenvalue weighted by atomic mass is 19.2. The van der Waals surface area contributed by atoms with E-state index in [-0.39, 0.29) is 11.6 Å². The van der Waals surface area contributed by atoms with Gasteiger partial charge in [-0.05, 0) is 35.9 Å². The fourth-order valence-electron chi connectivity index (χ4n) is 3.32. The first kappa shape index (κ1) is 18.8. The first-order valence-corrected chi connectivity index (χ1v) is 9.25. The van der Waals surface area contributed by atoms with Crippen LogP contribution in [0.15, 0.2) is 60.8 Å². The number of hydrogen-bond acceptors (Lipinski definition) is 4. The Morgan fingerprint density at radius 1 is 0.966 bits per heavy atom. The number of piperazine rings is 1. The van der Waals surface area contributed by atoms with Gasteiger partial charge in [-0.2, -0.15) is 5.10 Å². The normalized spacial score (nSPS) is 14.0. The van der Waals surface area contributed by atoms with Crippen LogP contribution < -0.4 is 10.2 Å². The van der Waals surface area contributed by atoms with Crippen LogP contribution >= 0.6 is 0 Å². The van der Waals surface area contributed by atoms with Crippen molar-refractivity contribution < 1.29 is 13.6 Å². The first-order valence-electron chi connectivity index (χ1n) is 9.25. The van der Waals surface area contributed by atoms with Gasteiger partial charge in [-0.15, -0.1) is 5.10 Å². The molecule has 29 heavy (non-hydrogen) atoms. The average Bonchev–Trinajstić information content (AvgIpc) is 2.76. The number of nitrogens with one attached hydrogen (secondary N) is 1. The highest BCUT2D eigenvalue weighted by Crippen LogP contribution is 2.28. The maximum absolute atomic E-state index is 14.1. The molecule has 0 bridgehead atoms. The van der Waals surface area contributed by atoms with Crippen LogP contribution in [0.4, 0.5) is 25.1 Å². The topological polar surface area (TPSA) is 61.4 Å². The molecule has 3 aromatic rings. The molecule has 8 heteroatoms. The van der Waals surface area contributed by atoms with E-state index >= 15 is 0 Å². The van der Waals surface area contributed by atoms with Crippen LogP contribution in [0.1, 0.15) is 0 Å². The van der Waals surface area contributed by atoms with Crippen molar-refractivity contribution >= 4 is 17.5 Å². The van der Waals surface area contributed by atoms with E-state index in [1.807, 2.05) is 18.2 Å². The second-order valence-corrected chi connectivity index (χ2v) is 6.66. The Kier molecular flexibility index (Phi) is 5.33. The van der Waals surface area contributed by atoms with Crippen LogP contribution in [0.3, 0.4) is 0 Å². The summed E-state index contributed by atoms with van der Waals surface area (Å²) in [4.78, 5) is 16.2. The van der Waals surface area contributed by atoms with E-state index in [1.54, 1.807) is 29.2 Å². The molecule has 1 fully saturated rings. The molecule has 0 saturated carbocycles. The van der Waals surface area contributed by atoms with E-state index in [2.05, 4.69) is 20.4 Å². The quantitative estimate of drug-likeness (QED) is 0.733. The average molecular weight is 395 g/mol. The highest BCUT2D eigenvalue weighted by molar-refractivity contribution is 5.88. The molecule has 2 aromatic carbocycles. The van der Waals surface area contributed by atoms with Crippen LogP contribution in [0.2, 0.25) is 0 Å². The van der Waals surface area contributed by atoms with Gasteiger partial charge < -0.3 is 9.80 Å². The highest BCUT2D eigenvalue weighted by Gasteiger charge is 2.22. The zero-order valence-corrected chi connectivity index (χ0v) is 15.6. The summed E-state index contributed by atoms with van der Waals surface area (Å²) in [6.07, 6.45) is 1.54. The van der Waals surface area contributed by atoms with E-state index in [0.717, 1.165) is 11.8 Å². The number of amides is 2. The maximum Gasteiger partial charge on any atom is 0.323 e. The summed E-state index contributed by atoms with van der Waals surface area (Å²) in [6, 6.07) is 14.7. The summed E-state index contributed by atoms with van der Waals surface area (Å²) in [5.74, 6) is -1.31. The first-order chi connectivity index (χ1) is 14.1. The van der Waals surface area contributed by atoms with Gasteiger partial charge in [0.15, 0.2) is 17.5 Å². The predicted molar refractivity (Wildman–Crippen MR) is 107 cm³/mol. The molecule has 2 amide bonds. The molecule has 2 heterocycles. The van der Waals surface area contributed by atoms with Crippen LogP contribution in [0.25, 0.3) is 11.1 Å². The molecule has 6 nitrogen and oxygen atoms in total. The molecule has 0 radical (unpaired) electrons. The third-order valence-corrected chi connectivity index (χ3v) is 4.85. The Morgan fingerprint density at radius 3 is 2.52 bits per heavy atom. The smallest absolute Gasteiger partial charge is 0.323 e. The largest absolute Gasteiger partial charge is 0.368 e. The predicted octanol–water partition coefficient (Wildman–Crippen LogP) is 3.78. The maximum atomic E-state index is 14.1. The van der Waals surface area contributed by atoms with Gasteiger partial charge in [0.2, 0.25) is 0 Å². The molecular formula is C21H19F2N5O. The monoisotopic (exact) mass is 395 g/mol. The standard InChI is InChI=1S/C21H19F2N5O/c22-18-7-2-6-17(20(18)23)15-4-1-5-16(14-15)27-10-12-28(13-11-27)21(29)25-19-8-3-9-24-26-19/h1-9,14H,10-13H2,(H,25,26,29). The fraction of sp³-hybridized carbons (Fsp3) is 0.190. The molecule has 148 valence electrons. The van der Waals surface area contributed by atoms with E-state index in [4.69, 9.17) is 0 Å². The van der Waals surface area contributed by atoms with Gasteiger partial charge in [0.05, 0.1) is 0 Å². The number of aromatic nitrogens is 2. The van der Waals surface area contributed by atoms with E-state index in [0.29, 0.717) is 37.6 Å². The molecule has 1 aliphatic heterocycles. The van der Waals surface area contributed by atoms with Gasteiger partial charge >= 0.3 is 6.03 Å². The molecule has 0 aliphatic carbocycles. The Labute approximate surface area is 166 Å². The van der Waals surface area contributed by atoms with Gasteiger partial charge in [0.1, 0.15) is 0 Å². The van der Waals surface area contributed by atoms with Crippen LogP contribution in [0.5, 0.6) is 0 Å². The van der Waals surface area contributed by atoms with Crippen molar-refractivity contribution in [1.82, 2.24) is 15.1 Å². The minimum atomic E-state index is -0.865. The Bertz CT molecular complexity index is 1010. The van der Waals surface area contributed by atoms with E-state index in [9.17, 15) is 13.6 Å².